The highest BCUT2D eigenvalue weighted by atomic mass is 19.4. The zero-order valence-electron chi connectivity index (χ0n) is 14.8. The molecule has 0 bridgehead atoms. The Balaban J connectivity index is 2.44. The first kappa shape index (κ1) is 22.0. The van der Waals surface area contributed by atoms with Crippen LogP contribution in [0.25, 0.3) is 5.57 Å². The van der Waals surface area contributed by atoms with Crippen LogP contribution in [0.3, 0.4) is 0 Å². The van der Waals surface area contributed by atoms with E-state index >= 15 is 0 Å². The molecule has 0 unspecified atom stereocenters. The molecule has 0 atom stereocenters. The Hall–Kier alpha value is -3.30. The summed E-state index contributed by atoms with van der Waals surface area (Å²) >= 11 is 0. The van der Waals surface area contributed by atoms with E-state index in [2.05, 4.69) is 5.32 Å². The highest BCUT2D eigenvalue weighted by molar-refractivity contribution is 6.07. The molecule has 2 rings (SSSR count). The molecule has 4 nitrogen and oxygen atoms in total. The lowest BCUT2D eigenvalue weighted by atomic mass is 10.0. The number of carbonyl (C=O) groups excluding carboxylic acids is 2. The number of rotatable bonds is 4. The van der Waals surface area contributed by atoms with Crippen molar-refractivity contribution in [2.45, 2.75) is 19.3 Å². The minimum atomic E-state index is -4.88. The van der Waals surface area contributed by atoms with Gasteiger partial charge in [-0.25, -0.2) is 0 Å². The number of allylic oxidation sites excluding steroid dienone is 1. The number of halogens is 6. The van der Waals surface area contributed by atoms with Gasteiger partial charge in [0.25, 0.3) is 0 Å². The second kappa shape index (κ2) is 8.38. The topological polar surface area (TPSA) is 58.2 Å². The number of hydrogen-bond donors (Lipinski definition) is 2. The molecule has 0 aliphatic rings. The van der Waals surface area contributed by atoms with Gasteiger partial charge in [0.1, 0.15) is 0 Å². The van der Waals surface area contributed by atoms with E-state index in [9.17, 15) is 35.9 Å². The van der Waals surface area contributed by atoms with Gasteiger partial charge in [-0.3, -0.25) is 9.59 Å². The zero-order valence-corrected chi connectivity index (χ0v) is 14.8. The molecule has 0 fully saturated rings. The van der Waals surface area contributed by atoms with Gasteiger partial charge < -0.3 is 10.6 Å². The van der Waals surface area contributed by atoms with E-state index in [-0.39, 0.29) is 17.3 Å². The standard InChI is InChI=1S/C19H14F6N2O2/c1-11(28)26-15-8-7-13(18(20,21)22)9-16(15)27-17(29)10-14(19(23,24)25)12-5-3-2-4-6-12/h2-10H,1H3,(H,26,28)(H,27,29)/b14-10-. The van der Waals surface area contributed by atoms with Crippen molar-refractivity contribution in [2.75, 3.05) is 10.6 Å². The Morgan fingerprint density at radius 3 is 2.00 bits per heavy atom. The molecule has 0 saturated heterocycles. The first-order chi connectivity index (χ1) is 13.4. The van der Waals surface area contributed by atoms with Crippen LogP contribution < -0.4 is 10.6 Å². The van der Waals surface area contributed by atoms with Crippen molar-refractivity contribution in [3.63, 3.8) is 0 Å². The normalized spacial score (nSPS) is 12.4. The number of anilines is 2. The second-order valence-corrected chi connectivity index (χ2v) is 5.85. The minimum Gasteiger partial charge on any atom is -0.325 e. The van der Waals surface area contributed by atoms with Crippen molar-refractivity contribution in [3.8, 4) is 0 Å². The molecule has 0 saturated carbocycles. The van der Waals surface area contributed by atoms with Crippen LogP contribution in [0.15, 0.2) is 54.6 Å². The molecule has 2 aromatic rings. The quantitative estimate of drug-likeness (QED) is 0.529. The maximum atomic E-state index is 13.3. The van der Waals surface area contributed by atoms with Gasteiger partial charge in [-0.1, -0.05) is 30.3 Å². The predicted octanol–water partition coefficient (Wildman–Crippen LogP) is 5.25. The molecule has 10 heteroatoms. The fourth-order valence-corrected chi connectivity index (χ4v) is 2.37. The van der Waals surface area contributed by atoms with Gasteiger partial charge in [0.05, 0.1) is 22.5 Å². The van der Waals surface area contributed by atoms with E-state index in [1.807, 2.05) is 5.32 Å². The molecule has 0 aliphatic heterocycles. The van der Waals surface area contributed by atoms with Crippen LogP contribution in [-0.4, -0.2) is 18.0 Å². The Morgan fingerprint density at radius 2 is 1.48 bits per heavy atom. The van der Waals surface area contributed by atoms with E-state index in [1.165, 1.54) is 18.2 Å². The lowest BCUT2D eigenvalue weighted by Crippen LogP contribution is -2.18. The Kier molecular flexibility index (Phi) is 6.35. The fourth-order valence-electron chi connectivity index (χ4n) is 2.37. The predicted molar refractivity (Wildman–Crippen MR) is 94.9 cm³/mol. The van der Waals surface area contributed by atoms with Crippen LogP contribution in [0.5, 0.6) is 0 Å². The highest BCUT2D eigenvalue weighted by Gasteiger charge is 2.35. The maximum absolute atomic E-state index is 13.3. The average Bonchev–Trinajstić information content (AvgIpc) is 2.59. The van der Waals surface area contributed by atoms with Gasteiger partial charge in [-0.05, 0) is 23.8 Å². The first-order valence-corrected chi connectivity index (χ1v) is 8.02. The Bertz CT molecular complexity index is 934. The molecule has 2 N–H and O–H groups in total. The number of amides is 2. The van der Waals surface area contributed by atoms with E-state index in [0.717, 1.165) is 25.1 Å². The molecular weight excluding hydrogens is 402 g/mol. The third-order valence-corrected chi connectivity index (χ3v) is 3.58. The fraction of sp³-hybridized carbons (Fsp3) is 0.158. The number of carbonyl (C=O) groups is 2. The zero-order chi connectivity index (χ0) is 21.8. The van der Waals surface area contributed by atoms with Gasteiger partial charge in [0.15, 0.2) is 0 Å². The summed E-state index contributed by atoms with van der Waals surface area (Å²) in [6, 6.07) is 8.53. The number of benzene rings is 2. The summed E-state index contributed by atoms with van der Waals surface area (Å²) in [6.07, 6.45) is -9.40. The third-order valence-electron chi connectivity index (χ3n) is 3.58. The van der Waals surface area contributed by atoms with E-state index in [1.54, 1.807) is 0 Å². The molecule has 0 heterocycles. The van der Waals surface area contributed by atoms with Gasteiger partial charge in [0.2, 0.25) is 11.8 Å². The first-order valence-electron chi connectivity index (χ1n) is 8.02. The number of nitrogens with one attached hydrogen (secondary N) is 2. The van der Waals surface area contributed by atoms with Crippen molar-refractivity contribution in [3.05, 3.63) is 65.7 Å². The van der Waals surface area contributed by atoms with Crippen molar-refractivity contribution >= 4 is 28.8 Å². The van der Waals surface area contributed by atoms with E-state index < -0.39 is 41.0 Å². The van der Waals surface area contributed by atoms with Crippen molar-refractivity contribution < 1.29 is 35.9 Å². The number of alkyl halides is 6. The van der Waals surface area contributed by atoms with Gasteiger partial charge in [-0.15, -0.1) is 0 Å². The van der Waals surface area contributed by atoms with Crippen LogP contribution >= 0.6 is 0 Å². The molecule has 0 spiro atoms. The summed E-state index contributed by atoms with van der Waals surface area (Å²) in [5.41, 5.74) is -3.40. The van der Waals surface area contributed by atoms with Crippen LogP contribution in [0.1, 0.15) is 18.1 Å². The molecule has 2 aromatic carbocycles. The van der Waals surface area contributed by atoms with Crippen LogP contribution in [0.4, 0.5) is 37.7 Å². The SMILES string of the molecule is CC(=O)Nc1ccc(C(F)(F)F)cc1NC(=O)/C=C(/c1ccccc1)C(F)(F)F. The van der Waals surface area contributed by atoms with E-state index in [0.29, 0.717) is 12.1 Å². The molecule has 0 radical (unpaired) electrons. The van der Waals surface area contributed by atoms with Crippen LogP contribution in [-0.2, 0) is 15.8 Å². The van der Waals surface area contributed by atoms with Crippen LogP contribution in [0.2, 0.25) is 0 Å². The summed E-state index contributed by atoms with van der Waals surface area (Å²) in [5, 5.41) is 4.18. The summed E-state index contributed by atoms with van der Waals surface area (Å²) < 4.78 is 78.7. The van der Waals surface area contributed by atoms with Crippen molar-refractivity contribution in [1.82, 2.24) is 0 Å². The lowest BCUT2D eigenvalue weighted by Gasteiger charge is -2.15. The third kappa shape index (κ3) is 6.09. The Morgan fingerprint density at radius 1 is 0.862 bits per heavy atom. The average molecular weight is 416 g/mol. The van der Waals surface area contributed by atoms with Gasteiger partial charge >= 0.3 is 12.4 Å². The summed E-state index contributed by atoms with van der Waals surface area (Å²) in [7, 11) is 0. The molecule has 2 amide bonds. The molecule has 0 aromatic heterocycles. The molecule has 154 valence electrons. The largest absolute Gasteiger partial charge is 0.417 e. The molecule has 0 aliphatic carbocycles. The number of hydrogen-bond acceptors (Lipinski definition) is 2. The lowest BCUT2D eigenvalue weighted by molar-refractivity contribution is -0.137. The smallest absolute Gasteiger partial charge is 0.325 e. The minimum absolute atomic E-state index is 0.194. The Labute approximate surface area is 161 Å². The highest BCUT2D eigenvalue weighted by Crippen LogP contribution is 2.35. The summed E-state index contributed by atoms with van der Waals surface area (Å²) in [6.45, 7) is 1.08. The summed E-state index contributed by atoms with van der Waals surface area (Å²) in [5.74, 6) is -1.96. The summed E-state index contributed by atoms with van der Waals surface area (Å²) in [4.78, 5) is 23.4. The van der Waals surface area contributed by atoms with Crippen molar-refractivity contribution in [2.24, 2.45) is 0 Å². The van der Waals surface area contributed by atoms with Crippen LogP contribution in [0, 0.1) is 0 Å². The van der Waals surface area contributed by atoms with Gasteiger partial charge in [0, 0.05) is 13.0 Å². The molecular formula is C19H14F6N2O2. The second-order valence-electron chi connectivity index (χ2n) is 5.85. The molecule has 29 heavy (non-hydrogen) atoms. The van der Waals surface area contributed by atoms with E-state index in [4.69, 9.17) is 0 Å². The van der Waals surface area contributed by atoms with Crippen molar-refractivity contribution in [1.29, 1.82) is 0 Å². The van der Waals surface area contributed by atoms with Gasteiger partial charge in [-0.2, -0.15) is 26.3 Å². The monoisotopic (exact) mass is 416 g/mol. The maximum Gasteiger partial charge on any atom is 0.417 e.